The van der Waals surface area contributed by atoms with E-state index in [0.717, 1.165) is 23.6 Å². The molecular weight excluding hydrogens is 232 g/mol. The van der Waals surface area contributed by atoms with Crippen LogP contribution in [0, 0.1) is 23.2 Å². The largest absolute Gasteiger partial charge is 0.359 e. The summed E-state index contributed by atoms with van der Waals surface area (Å²) in [6, 6.07) is 6.24. The smallest absolute Gasteiger partial charge is 0.128 e. The first-order chi connectivity index (χ1) is 9.22. The Kier molecular flexibility index (Phi) is 2.61. The Hall–Kier alpha value is -1.05. The van der Waals surface area contributed by atoms with Crippen LogP contribution in [0.4, 0.5) is 5.82 Å². The third kappa shape index (κ3) is 2.05. The second-order valence-corrected chi connectivity index (χ2v) is 7.46. The highest BCUT2D eigenvalue weighted by atomic mass is 15.2. The summed E-state index contributed by atoms with van der Waals surface area (Å²) >= 11 is 0. The van der Waals surface area contributed by atoms with Gasteiger partial charge < -0.3 is 4.90 Å². The lowest BCUT2D eigenvalue weighted by Crippen LogP contribution is -2.50. The summed E-state index contributed by atoms with van der Waals surface area (Å²) in [5.74, 6) is 4.27. The molecular formula is C17H24N2. The second kappa shape index (κ2) is 4.22. The zero-order chi connectivity index (χ0) is 12.9. The van der Waals surface area contributed by atoms with Crippen LogP contribution in [-0.4, -0.2) is 18.6 Å². The quantitative estimate of drug-likeness (QED) is 0.819. The molecule has 4 fully saturated rings. The fourth-order valence-electron chi connectivity index (χ4n) is 5.65. The van der Waals surface area contributed by atoms with E-state index in [1.165, 1.54) is 45.1 Å². The van der Waals surface area contributed by atoms with E-state index in [1.807, 2.05) is 12.3 Å². The van der Waals surface area contributed by atoms with Crippen molar-refractivity contribution in [1.82, 2.24) is 4.98 Å². The molecule has 1 heterocycles. The summed E-state index contributed by atoms with van der Waals surface area (Å²) in [6.45, 7) is 1.22. The zero-order valence-corrected chi connectivity index (χ0v) is 11.9. The minimum Gasteiger partial charge on any atom is -0.359 e. The van der Waals surface area contributed by atoms with E-state index in [4.69, 9.17) is 0 Å². The van der Waals surface area contributed by atoms with Gasteiger partial charge in [-0.1, -0.05) is 6.07 Å². The molecule has 2 nitrogen and oxygen atoms in total. The first-order valence-corrected chi connectivity index (χ1v) is 7.85. The molecule has 0 radical (unpaired) electrons. The molecule has 0 N–H and O–H groups in total. The summed E-state index contributed by atoms with van der Waals surface area (Å²) in [5, 5.41) is 0. The average molecular weight is 256 g/mol. The van der Waals surface area contributed by atoms with Gasteiger partial charge in [-0.2, -0.15) is 0 Å². The SMILES string of the molecule is CN(CC12CC3CC(CC(C3)C1)C2)c1ccccn1. The lowest BCUT2D eigenvalue weighted by Gasteiger charge is -2.57. The Bertz CT molecular complexity index is 418. The van der Waals surface area contributed by atoms with Crippen LogP contribution in [0.15, 0.2) is 24.4 Å². The van der Waals surface area contributed by atoms with E-state index >= 15 is 0 Å². The van der Waals surface area contributed by atoms with Gasteiger partial charge in [-0.3, -0.25) is 0 Å². The third-order valence-corrected chi connectivity index (χ3v) is 5.78. The highest BCUT2D eigenvalue weighted by Gasteiger charge is 2.51. The van der Waals surface area contributed by atoms with Crippen LogP contribution in [0.1, 0.15) is 38.5 Å². The van der Waals surface area contributed by atoms with Crippen LogP contribution >= 0.6 is 0 Å². The minimum atomic E-state index is 0.612. The molecule has 1 aromatic rings. The number of aromatic nitrogens is 1. The van der Waals surface area contributed by atoms with E-state index in [9.17, 15) is 0 Å². The van der Waals surface area contributed by atoms with Gasteiger partial charge in [0.2, 0.25) is 0 Å². The highest BCUT2D eigenvalue weighted by Crippen LogP contribution is 2.60. The first kappa shape index (κ1) is 11.7. The lowest BCUT2D eigenvalue weighted by atomic mass is 9.49. The molecule has 0 amide bonds. The predicted octanol–water partition coefficient (Wildman–Crippen LogP) is 3.73. The van der Waals surface area contributed by atoms with Crippen molar-refractivity contribution < 1.29 is 0 Å². The van der Waals surface area contributed by atoms with Crippen molar-refractivity contribution in [1.29, 1.82) is 0 Å². The van der Waals surface area contributed by atoms with E-state index in [0.29, 0.717) is 5.41 Å². The number of pyridine rings is 1. The number of anilines is 1. The molecule has 5 rings (SSSR count). The van der Waals surface area contributed by atoms with Crippen molar-refractivity contribution in [3.8, 4) is 0 Å². The van der Waals surface area contributed by atoms with Gasteiger partial charge in [0.15, 0.2) is 0 Å². The minimum absolute atomic E-state index is 0.612. The monoisotopic (exact) mass is 256 g/mol. The number of hydrogen-bond acceptors (Lipinski definition) is 2. The Morgan fingerprint density at radius 3 is 2.26 bits per heavy atom. The average Bonchev–Trinajstić information content (AvgIpc) is 2.37. The van der Waals surface area contributed by atoms with Gasteiger partial charge in [0.25, 0.3) is 0 Å². The predicted molar refractivity (Wildman–Crippen MR) is 78.1 cm³/mol. The molecule has 0 aliphatic heterocycles. The number of nitrogens with zero attached hydrogens (tertiary/aromatic N) is 2. The normalized spacial score (nSPS) is 39.5. The summed E-state index contributed by atoms with van der Waals surface area (Å²) in [6.07, 6.45) is 11.0. The topological polar surface area (TPSA) is 16.1 Å². The van der Waals surface area contributed by atoms with Gasteiger partial charge in [0, 0.05) is 19.8 Å². The lowest BCUT2D eigenvalue weighted by molar-refractivity contribution is -0.0472. The van der Waals surface area contributed by atoms with Crippen LogP contribution in [0.5, 0.6) is 0 Å². The van der Waals surface area contributed by atoms with Gasteiger partial charge in [-0.25, -0.2) is 4.98 Å². The first-order valence-electron chi connectivity index (χ1n) is 7.85. The molecule has 4 bridgehead atoms. The van der Waals surface area contributed by atoms with Crippen molar-refractivity contribution in [2.45, 2.75) is 38.5 Å². The van der Waals surface area contributed by atoms with E-state index < -0.39 is 0 Å². The highest BCUT2D eigenvalue weighted by molar-refractivity contribution is 5.37. The van der Waals surface area contributed by atoms with Gasteiger partial charge in [-0.15, -0.1) is 0 Å². The Morgan fingerprint density at radius 1 is 1.11 bits per heavy atom. The summed E-state index contributed by atoms with van der Waals surface area (Å²) in [4.78, 5) is 6.90. The van der Waals surface area contributed by atoms with Gasteiger partial charge in [-0.05, 0) is 73.8 Å². The molecule has 4 aliphatic rings. The summed E-state index contributed by atoms with van der Waals surface area (Å²) < 4.78 is 0. The molecule has 0 unspecified atom stereocenters. The molecule has 4 saturated carbocycles. The molecule has 1 aromatic heterocycles. The standard InChI is InChI=1S/C17H24N2/c1-19(16-4-2-3-5-18-16)12-17-9-13-6-14(10-17)8-15(7-13)11-17/h2-5,13-15H,6-12H2,1H3. The molecule has 102 valence electrons. The van der Waals surface area contributed by atoms with Gasteiger partial charge in [0.1, 0.15) is 5.82 Å². The fraction of sp³-hybridized carbons (Fsp3) is 0.706. The maximum Gasteiger partial charge on any atom is 0.128 e. The van der Waals surface area contributed by atoms with Gasteiger partial charge >= 0.3 is 0 Å². The van der Waals surface area contributed by atoms with Crippen LogP contribution in [0.25, 0.3) is 0 Å². The Morgan fingerprint density at radius 2 is 1.74 bits per heavy atom. The van der Waals surface area contributed by atoms with E-state index in [-0.39, 0.29) is 0 Å². The Labute approximate surface area is 116 Å². The second-order valence-electron chi connectivity index (χ2n) is 7.46. The van der Waals surface area contributed by atoms with Crippen molar-refractivity contribution in [2.24, 2.45) is 23.2 Å². The number of hydrogen-bond donors (Lipinski definition) is 0. The molecule has 0 atom stereocenters. The van der Waals surface area contributed by atoms with E-state index in [2.05, 4.69) is 29.1 Å². The summed E-state index contributed by atoms with van der Waals surface area (Å²) in [5.41, 5.74) is 0.612. The summed E-state index contributed by atoms with van der Waals surface area (Å²) in [7, 11) is 2.22. The zero-order valence-electron chi connectivity index (χ0n) is 11.9. The van der Waals surface area contributed by atoms with Crippen molar-refractivity contribution >= 4 is 5.82 Å². The van der Waals surface area contributed by atoms with Crippen LogP contribution in [-0.2, 0) is 0 Å². The van der Waals surface area contributed by atoms with Crippen molar-refractivity contribution in [3.05, 3.63) is 24.4 Å². The molecule has 0 spiro atoms. The van der Waals surface area contributed by atoms with Crippen LogP contribution < -0.4 is 4.90 Å². The molecule has 4 aliphatic carbocycles. The third-order valence-electron chi connectivity index (χ3n) is 5.78. The van der Waals surface area contributed by atoms with Gasteiger partial charge in [0.05, 0.1) is 0 Å². The van der Waals surface area contributed by atoms with E-state index in [1.54, 1.807) is 0 Å². The maximum atomic E-state index is 4.50. The fourth-order valence-corrected chi connectivity index (χ4v) is 5.65. The van der Waals surface area contributed by atoms with Crippen molar-refractivity contribution in [2.75, 3.05) is 18.5 Å². The van der Waals surface area contributed by atoms with Crippen LogP contribution in [0.2, 0.25) is 0 Å². The Balaban J connectivity index is 1.53. The molecule has 0 saturated heterocycles. The molecule has 0 aromatic carbocycles. The van der Waals surface area contributed by atoms with Crippen molar-refractivity contribution in [3.63, 3.8) is 0 Å². The van der Waals surface area contributed by atoms with Crippen LogP contribution in [0.3, 0.4) is 0 Å². The number of rotatable bonds is 3. The molecule has 19 heavy (non-hydrogen) atoms. The maximum absolute atomic E-state index is 4.50. The molecule has 2 heteroatoms.